The summed E-state index contributed by atoms with van der Waals surface area (Å²) in [7, 11) is 1.60. The minimum Gasteiger partial charge on any atom is -0.372 e. The van der Waals surface area contributed by atoms with Crippen molar-refractivity contribution >= 4 is 18.1 Å². The number of likely N-dealkylation sites (N-methyl/N-ethyl adjacent to an activating group) is 1. The second kappa shape index (κ2) is 14.1. The number of aromatic nitrogens is 1. The van der Waals surface area contributed by atoms with Crippen LogP contribution < -0.4 is 16.0 Å². The van der Waals surface area contributed by atoms with Crippen molar-refractivity contribution in [3.63, 3.8) is 0 Å². The number of nitrogens with zero attached hydrogens (tertiary/aromatic N) is 3. The van der Waals surface area contributed by atoms with Crippen molar-refractivity contribution in [3.05, 3.63) is 23.9 Å². The topological polar surface area (TPSA) is 91.6 Å². The lowest BCUT2D eigenvalue weighted by Gasteiger charge is -2.43. The molecule has 1 saturated heterocycles. The molecule has 0 radical (unpaired) electrons. The summed E-state index contributed by atoms with van der Waals surface area (Å²) in [6.45, 7) is 11.0. The predicted octanol–water partition coefficient (Wildman–Crippen LogP) is 4.71. The van der Waals surface area contributed by atoms with Gasteiger partial charge in [-0.2, -0.15) is 13.2 Å². The number of pyridine rings is 1. The Hall–Kier alpha value is -2.36. The van der Waals surface area contributed by atoms with Gasteiger partial charge >= 0.3 is 6.18 Å². The summed E-state index contributed by atoms with van der Waals surface area (Å²) in [4.78, 5) is 28.4. The molecule has 0 spiro atoms. The molecule has 1 aromatic rings. The molecule has 2 amide bonds. The molecule has 2 saturated carbocycles. The number of primary amides is 1. The lowest BCUT2D eigenvalue weighted by Crippen LogP contribution is -2.60. The van der Waals surface area contributed by atoms with E-state index in [2.05, 4.69) is 34.8 Å². The Kier molecular flexibility index (Phi) is 11.9. The highest BCUT2D eigenvalue weighted by atomic mass is 19.4. The number of rotatable bonds is 4. The first-order valence-electron chi connectivity index (χ1n) is 13.8. The van der Waals surface area contributed by atoms with E-state index in [1.807, 2.05) is 18.7 Å². The Morgan fingerprint density at radius 1 is 1.08 bits per heavy atom. The number of carbonyl (C=O) groups excluding carboxylic acids is 2. The first-order chi connectivity index (χ1) is 17.8. The van der Waals surface area contributed by atoms with E-state index < -0.39 is 17.3 Å². The summed E-state index contributed by atoms with van der Waals surface area (Å²) in [6.07, 6.45) is 5.91. The van der Waals surface area contributed by atoms with Crippen LogP contribution in [-0.2, 0) is 15.8 Å². The molecule has 0 aromatic carbocycles. The Morgan fingerprint density at radius 3 is 2.05 bits per heavy atom. The van der Waals surface area contributed by atoms with Gasteiger partial charge in [-0.15, -0.1) is 0 Å². The summed E-state index contributed by atoms with van der Waals surface area (Å²) in [6, 6.07) is 2.44. The highest BCUT2D eigenvalue weighted by molar-refractivity contribution is 5.85. The minimum atomic E-state index is -4.37. The van der Waals surface area contributed by atoms with E-state index in [1.54, 1.807) is 26.3 Å². The number of amides is 2. The standard InChI is InChI=1S/C15H21F3N4O.C12H22.CH3NO/c1-14(2,13(23)19-3)22-8-6-21(7-9-22)12-5-4-11(10-20-12)15(16,17)18;1-3-10-6-11-4-9(2)5-12(7-10)8-11;2-1-3/h4-5,10H,6-9H2,1-3H3,(H,19,23);9-12H,3-8H2,1-2H3;1H,(H2,2,3). The van der Waals surface area contributed by atoms with Crippen molar-refractivity contribution in [1.29, 1.82) is 0 Å². The Morgan fingerprint density at radius 2 is 1.63 bits per heavy atom. The van der Waals surface area contributed by atoms with Gasteiger partial charge in [0.15, 0.2) is 0 Å². The Balaban J connectivity index is 0.000000280. The first-order valence-corrected chi connectivity index (χ1v) is 13.8. The van der Waals surface area contributed by atoms with Crippen LogP contribution in [0.15, 0.2) is 18.3 Å². The van der Waals surface area contributed by atoms with Crippen molar-refractivity contribution in [1.82, 2.24) is 15.2 Å². The average molecular weight is 542 g/mol. The zero-order valence-corrected chi connectivity index (χ0v) is 23.6. The number of nitrogens with two attached hydrogens (primary N) is 1. The van der Waals surface area contributed by atoms with Crippen molar-refractivity contribution in [2.24, 2.45) is 29.4 Å². The van der Waals surface area contributed by atoms with Crippen LogP contribution in [0.25, 0.3) is 0 Å². The molecule has 3 N–H and O–H groups in total. The summed E-state index contributed by atoms with van der Waals surface area (Å²) in [5.74, 6) is 4.80. The van der Waals surface area contributed by atoms with Gasteiger partial charge in [-0.3, -0.25) is 14.5 Å². The minimum absolute atomic E-state index is 0.0568. The van der Waals surface area contributed by atoms with Crippen molar-refractivity contribution in [3.8, 4) is 0 Å². The van der Waals surface area contributed by atoms with E-state index in [0.717, 1.165) is 35.9 Å². The summed E-state index contributed by atoms with van der Waals surface area (Å²) in [5, 5.41) is 2.65. The number of nitrogens with one attached hydrogen (secondary N) is 1. The van der Waals surface area contributed by atoms with Crippen LogP contribution in [0.2, 0.25) is 0 Å². The second-order valence-corrected chi connectivity index (χ2v) is 11.4. The molecule has 38 heavy (non-hydrogen) atoms. The van der Waals surface area contributed by atoms with Gasteiger partial charge < -0.3 is 16.0 Å². The lowest BCUT2D eigenvalue weighted by molar-refractivity contribution is -0.137. The lowest BCUT2D eigenvalue weighted by atomic mass is 9.64. The van der Waals surface area contributed by atoms with Crippen LogP contribution in [0.1, 0.15) is 71.8 Å². The summed E-state index contributed by atoms with van der Waals surface area (Å²) in [5.41, 5.74) is 2.80. The van der Waals surface area contributed by atoms with E-state index in [4.69, 9.17) is 4.79 Å². The van der Waals surface area contributed by atoms with Crippen LogP contribution in [0.5, 0.6) is 0 Å². The average Bonchev–Trinajstić information content (AvgIpc) is 2.88. The fraction of sp³-hybridized carbons (Fsp3) is 0.750. The van der Waals surface area contributed by atoms with Crippen LogP contribution in [0, 0.1) is 23.7 Å². The molecule has 2 bridgehead atoms. The van der Waals surface area contributed by atoms with Gasteiger partial charge in [-0.05, 0) is 81.8 Å². The number of halogens is 3. The number of piperazine rings is 1. The van der Waals surface area contributed by atoms with Crippen molar-refractivity contribution in [2.75, 3.05) is 38.1 Å². The van der Waals surface area contributed by atoms with Crippen LogP contribution in [-0.4, -0.2) is 61.0 Å². The molecule has 2 atom stereocenters. The molecule has 7 nitrogen and oxygen atoms in total. The van der Waals surface area contributed by atoms with Crippen LogP contribution in [0.3, 0.4) is 0 Å². The Bertz CT molecular complexity index is 852. The third kappa shape index (κ3) is 8.85. The fourth-order valence-corrected chi connectivity index (χ4v) is 6.34. The number of fused-ring (bicyclic) bond motifs is 2. The van der Waals surface area contributed by atoms with Gasteiger partial charge in [-0.1, -0.05) is 20.3 Å². The highest BCUT2D eigenvalue weighted by Crippen LogP contribution is 2.45. The van der Waals surface area contributed by atoms with E-state index in [9.17, 15) is 18.0 Å². The van der Waals surface area contributed by atoms with E-state index in [1.165, 1.54) is 25.3 Å². The predicted molar refractivity (Wildman–Crippen MR) is 144 cm³/mol. The second-order valence-electron chi connectivity index (χ2n) is 11.4. The van der Waals surface area contributed by atoms with E-state index in [-0.39, 0.29) is 12.3 Å². The molecular formula is C28H46F3N5O2. The van der Waals surface area contributed by atoms with E-state index >= 15 is 0 Å². The third-order valence-corrected chi connectivity index (χ3v) is 8.30. The quantitative estimate of drug-likeness (QED) is 0.539. The molecule has 3 aliphatic rings. The number of anilines is 1. The van der Waals surface area contributed by atoms with Crippen molar-refractivity contribution < 1.29 is 22.8 Å². The van der Waals surface area contributed by atoms with Crippen LogP contribution in [0.4, 0.5) is 19.0 Å². The largest absolute Gasteiger partial charge is 0.417 e. The monoisotopic (exact) mass is 541 g/mol. The summed E-state index contributed by atoms with van der Waals surface area (Å²) >= 11 is 0. The molecule has 10 heteroatoms. The zero-order valence-electron chi connectivity index (χ0n) is 23.6. The maximum Gasteiger partial charge on any atom is 0.417 e. The summed E-state index contributed by atoms with van der Waals surface area (Å²) < 4.78 is 37.7. The molecule has 2 aliphatic carbocycles. The molecule has 3 fully saturated rings. The maximum absolute atomic E-state index is 12.6. The molecule has 216 valence electrons. The number of alkyl halides is 3. The zero-order chi connectivity index (χ0) is 28.5. The maximum atomic E-state index is 12.6. The van der Waals surface area contributed by atoms with Gasteiger partial charge in [0.2, 0.25) is 12.3 Å². The molecule has 2 heterocycles. The van der Waals surface area contributed by atoms with Gasteiger partial charge in [0, 0.05) is 39.4 Å². The Labute approximate surface area is 225 Å². The smallest absolute Gasteiger partial charge is 0.372 e. The van der Waals surface area contributed by atoms with Gasteiger partial charge in [0.25, 0.3) is 0 Å². The van der Waals surface area contributed by atoms with Gasteiger partial charge in [0.1, 0.15) is 5.82 Å². The molecule has 1 aromatic heterocycles. The SMILES string of the molecule is CCC1CC2CC(C)CC(C1)C2.CNC(=O)C(C)(C)N1CCN(c2ccc(C(F)(F)F)cn2)CC1.NC=O. The van der Waals surface area contributed by atoms with Crippen molar-refractivity contribution in [2.45, 2.75) is 77.9 Å². The number of hydrogen-bond acceptors (Lipinski definition) is 5. The number of hydrogen-bond donors (Lipinski definition) is 2. The molecule has 4 rings (SSSR count). The third-order valence-electron chi connectivity index (χ3n) is 8.30. The van der Waals surface area contributed by atoms with E-state index in [0.29, 0.717) is 32.0 Å². The highest BCUT2D eigenvalue weighted by Gasteiger charge is 2.36. The number of carbonyl (C=O) groups is 2. The molecule has 1 aliphatic heterocycles. The fourth-order valence-electron chi connectivity index (χ4n) is 6.34. The van der Waals surface area contributed by atoms with Gasteiger partial charge in [0.05, 0.1) is 11.1 Å². The normalized spacial score (nSPS) is 25.7. The molecular weight excluding hydrogens is 495 g/mol. The molecule has 2 unspecified atom stereocenters. The first kappa shape index (κ1) is 31.9. The van der Waals surface area contributed by atoms with Gasteiger partial charge in [-0.25, -0.2) is 4.98 Å². The van der Waals surface area contributed by atoms with Crippen LogP contribution >= 0.6 is 0 Å².